The SMILES string of the molecule is CC(C=CC=C(C)C=CC1(O)C(C)(C)CCCC1(C)O)=CC=CC=C(C)C=CC=C(C)C1C=C2C(C)(C)CCCC2(C)O1. The Hall–Kier alpha value is -2.46. The van der Waals surface area contributed by atoms with Crippen molar-refractivity contribution in [2.24, 2.45) is 10.8 Å². The molecule has 0 saturated heterocycles. The van der Waals surface area contributed by atoms with E-state index in [9.17, 15) is 10.2 Å². The monoisotopic (exact) mass is 586 g/mol. The van der Waals surface area contributed by atoms with Crippen molar-refractivity contribution in [1.29, 1.82) is 0 Å². The molecule has 236 valence electrons. The molecule has 3 heteroatoms. The van der Waals surface area contributed by atoms with Crippen LogP contribution in [0.1, 0.15) is 108 Å². The second-order valence-corrected chi connectivity index (χ2v) is 14.9. The van der Waals surface area contributed by atoms with Gasteiger partial charge in [0.2, 0.25) is 0 Å². The zero-order valence-electron chi connectivity index (χ0n) is 28.6. The minimum Gasteiger partial charge on any atom is -0.387 e. The molecule has 3 nitrogen and oxygen atoms in total. The smallest absolute Gasteiger partial charge is 0.116 e. The first-order chi connectivity index (χ1) is 19.9. The molecule has 0 bridgehead atoms. The van der Waals surface area contributed by atoms with Crippen LogP contribution in [0.15, 0.2) is 107 Å². The summed E-state index contributed by atoms with van der Waals surface area (Å²) in [5, 5.41) is 22.3. The van der Waals surface area contributed by atoms with Crippen molar-refractivity contribution in [3.63, 3.8) is 0 Å². The summed E-state index contributed by atoms with van der Waals surface area (Å²) in [6.45, 7) is 21.1. The molecule has 0 amide bonds. The lowest BCUT2D eigenvalue weighted by molar-refractivity contribution is -0.194. The molecule has 0 spiro atoms. The standard InChI is InChI=1S/C40H58O3/c1-30(19-13-20-32(3)23-28-40(42)37(7,8)25-16-27-39(40,10)41)17-11-12-18-31(2)21-14-22-33(4)34-29-35-36(5,6)24-15-26-38(35,9)43-34/h11-14,17-23,28-29,34,41-42H,15-16,24-27H2,1-10H3. The third-order valence-corrected chi connectivity index (χ3v) is 10.1. The van der Waals surface area contributed by atoms with E-state index < -0.39 is 11.2 Å². The van der Waals surface area contributed by atoms with Gasteiger partial charge in [-0.2, -0.15) is 0 Å². The highest BCUT2D eigenvalue weighted by molar-refractivity contribution is 5.37. The number of hydrogen-bond acceptors (Lipinski definition) is 3. The van der Waals surface area contributed by atoms with Crippen molar-refractivity contribution < 1.29 is 14.9 Å². The summed E-state index contributed by atoms with van der Waals surface area (Å²) < 4.78 is 6.55. The van der Waals surface area contributed by atoms with E-state index in [1.165, 1.54) is 29.6 Å². The van der Waals surface area contributed by atoms with E-state index in [0.29, 0.717) is 6.42 Å². The molecule has 1 aliphatic heterocycles. The van der Waals surface area contributed by atoms with Crippen molar-refractivity contribution >= 4 is 0 Å². The lowest BCUT2D eigenvalue weighted by Gasteiger charge is -2.53. The van der Waals surface area contributed by atoms with E-state index in [0.717, 1.165) is 30.4 Å². The fourth-order valence-electron chi connectivity index (χ4n) is 7.09. The molecule has 2 fully saturated rings. The molecule has 1 heterocycles. The third-order valence-electron chi connectivity index (χ3n) is 10.1. The normalized spacial score (nSPS) is 34.1. The molecule has 3 rings (SSSR count). The van der Waals surface area contributed by atoms with Crippen LogP contribution in [0.2, 0.25) is 0 Å². The average Bonchev–Trinajstić information content (AvgIpc) is 3.27. The fourth-order valence-corrected chi connectivity index (χ4v) is 7.09. The Morgan fingerprint density at radius 1 is 0.698 bits per heavy atom. The Morgan fingerprint density at radius 2 is 1.23 bits per heavy atom. The summed E-state index contributed by atoms with van der Waals surface area (Å²) in [5.74, 6) is 0. The molecule has 4 unspecified atom stereocenters. The van der Waals surface area contributed by atoms with Crippen LogP contribution >= 0.6 is 0 Å². The highest BCUT2D eigenvalue weighted by Crippen LogP contribution is 2.52. The van der Waals surface area contributed by atoms with Crippen molar-refractivity contribution in [2.45, 2.75) is 131 Å². The maximum Gasteiger partial charge on any atom is 0.116 e. The summed E-state index contributed by atoms with van der Waals surface area (Å²) in [7, 11) is 0. The van der Waals surface area contributed by atoms with Crippen LogP contribution in [0.25, 0.3) is 0 Å². The number of hydrogen-bond donors (Lipinski definition) is 2. The number of allylic oxidation sites excluding steroid dienone is 14. The van der Waals surface area contributed by atoms with Crippen LogP contribution in [0.3, 0.4) is 0 Å². The molecular formula is C40H58O3. The van der Waals surface area contributed by atoms with Gasteiger partial charge in [-0.05, 0) is 114 Å². The maximum atomic E-state index is 11.4. The average molecular weight is 587 g/mol. The predicted molar refractivity (Wildman–Crippen MR) is 184 cm³/mol. The molecule has 4 atom stereocenters. The number of rotatable bonds is 9. The summed E-state index contributed by atoms with van der Waals surface area (Å²) in [6, 6.07) is 0. The molecule has 2 aliphatic carbocycles. The molecule has 0 aromatic heterocycles. The van der Waals surface area contributed by atoms with Gasteiger partial charge in [0.1, 0.15) is 5.60 Å². The minimum atomic E-state index is -1.26. The van der Waals surface area contributed by atoms with Gasteiger partial charge in [0.25, 0.3) is 0 Å². The minimum absolute atomic E-state index is 0.0636. The van der Waals surface area contributed by atoms with E-state index in [4.69, 9.17) is 4.74 Å². The molecular weight excluding hydrogens is 528 g/mol. The number of ether oxygens (including phenoxy) is 1. The van der Waals surface area contributed by atoms with Crippen molar-refractivity contribution in [3.8, 4) is 0 Å². The second kappa shape index (κ2) is 13.7. The largest absolute Gasteiger partial charge is 0.387 e. The third kappa shape index (κ3) is 8.38. The molecule has 0 aromatic rings. The van der Waals surface area contributed by atoms with Crippen molar-refractivity contribution in [3.05, 3.63) is 107 Å². The Labute approximate surface area is 262 Å². The number of fused-ring (bicyclic) bond motifs is 1. The summed E-state index contributed by atoms with van der Waals surface area (Å²) in [4.78, 5) is 0. The predicted octanol–water partition coefficient (Wildman–Crippen LogP) is 9.98. The van der Waals surface area contributed by atoms with Crippen LogP contribution in [0.4, 0.5) is 0 Å². The van der Waals surface area contributed by atoms with E-state index in [2.05, 4.69) is 96.2 Å². The quantitative estimate of drug-likeness (QED) is 0.209. The molecule has 43 heavy (non-hydrogen) atoms. The first-order valence-corrected chi connectivity index (χ1v) is 16.2. The lowest BCUT2D eigenvalue weighted by Crippen LogP contribution is -2.62. The highest BCUT2D eigenvalue weighted by Gasteiger charge is 2.56. The summed E-state index contributed by atoms with van der Waals surface area (Å²) >= 11 is 0. The van der Waals surface area contributed by atoms with Gasteiger partial charge in [-0.15, -0.1) is 0 Å². The van der Waals surface area contributed by atoms with E-state index in [1.54, 1.807) is 13.0 Å². The van der Waals surface area contributed by atoms with E-state index >= 15 is 0 Å². The second-order valence-electron chi connectivity index (χ2n) is 14.9. The molecule has 0 radical (unpaired) electrons. The van der Waals surface area contributed by atoms with Crippen LogP contribution in [-0.4, -0.2) is 33.1 Å². The lowest BCUT2D eigenvalue weighted by atomic mass is 9.58. The van der Waals surface area contributed by atoms with Crippen molar-refractivity contribution in [2.75, 3.05) is 0 Å². The van der Waals surface area contributed by atoms with Gasteiger partial charge in [-0.3, -0.25) is 0 Å². The van der Waals surface area contributed by atoms with Gasteiger partial charge < -0.3 is 14.9 Å². The Morgan fingerprint density at radius 3 is 1.81 bits per heavy atom. The number of aliphatic hydroxyl groups is 2. The van der Waals surface area contributed by atoms with Crippen molar-refractivity contribution in [1.82, 2.24) is 0 Å². The maximum absolute atomic E-state index is 11.4. The van der Waals surface area contributed by atoms with Crippen LogP contribution in [0, 0.1) is 10.8 Å². The molecule has 0 aromatic carbocycles. The fraction of sp³-hybridized carbons (Fsp3) is 0.550. The van der Waals surface area contributed by atoms with Crippen LogP contribution < -0.4 is 0 Å². The Balaban J connectivity index is 1.53. The van der Waals surface area contributed by atoms with Gasteiger partial charge >= 0.3 is 0 Å². The van der Waals surface area contributed by atoms with Gasteiger partial charge in [0.15, 0.2) is 0 Å². The van der Waals surface area contributed by atoms with Crippen LogP contribution in [0.5, 0.6) is 0 Å². The first-order valence-electron chi connectivity index (χ1n) is 16.2. The van der Waals surface area contributed by atoms with Gasteiger partial charge in [0.05, 0.1) is 17.3 Å². The van der Waals surface area contributed by atoms with Gasteiger partial charge in [0, 0.05) is 0 Å². The summed E-state index contributed by atoms with van der Waals surface area (Å²) in [5.41, 5.74) is 3.39. The topological polar surface area (TPSA) is 49.7 Å². The van der Waals surface area contributed by atoms with Gasteiger partial charge in [-0.1, -0.05) is 111 Å². The molecule has 2 saturated carbocycles. The molecule has 2 N–H and O–H groups in total. The van der Waals surface area contributed by atoms with Gasteiger partial charge in [-0.25, -0.2) is 0 Å². The summed E-state index contributed by atoms with van der Waals surface area (Å²) in [6.07, 6.45) is 33.0. The highest BCUT2D eigenvalue weighted by atomic mass is 16.5. The Kier molecular flexibility index (Phi) is 11.1. The Bertz CT molecular complexity index is 1270. The van der Waals surface area contributed by atoms with Crippen LogP contribution in [-0.2, 0) is 4.74 Å². The molecule has 3 aliphatic rings. The van der Waals surface area contributed by atoms with E-state index in [-0.39, 0.29) is 22.5 Å². The zero-order chi connectivity index (χ0) is 32.1. The zero-order valence-corrected chi connectivity index (χ0v) is 28.6. The first kappa shape index (κ1) is 35.0. The van der Waals surface area contributed by atoms with E-state index in [1.807, 2.05) is 39.0 Å².